The Hall–Kier alpha value is -2.88. The van der Waals surface area contributed by atoms with E-state index < -0.39 is 0 Å². The van der Waals surface area contributed by atoms with Crippen LogP contribution in [0.2, 0.25) is 0 Å². The van der Waals surface area contributed by atoms with Crippen molar-refractivity contribution >= 4 is 46.5 Å². The number of halogens is 1. The Bertz CT molecular complexity index is 605. The zero-order valence-electron chi connectivity index (χ0n) is 11.7. The van der Waals surface area contributed by atoms with Crippen LogP contribution in [0.4, 0.5) is 17.6 Å². The molecule has 0 saturated carbocycles. The fourth-order valence-corrected chi connectivity index (χ4v) is 1.56. The Morgan fingerprint density at radius 2 is 1.95 bits per heavy atom. The smallest absolute Gasteiger partial charge is 0.239 e. The summed E-state index contributed by atoms with van der Waals surface area (Å²) in [4.78, 5) is 18.9. The zero-order valence-corrected chi connectivity index (χ0v) is 12.5. The molecule has 118 valence electrons. The number of rotatable bonds is 7. The minimum Gasteiger partial charge on any atom is -0.383 e. The molecule has 10 nitrogen and oxygen atoms in total. The predicted molar refractivity (Wildman–Crippen MR) is 86.1 cm³/mol. The maximum atomic E-state index is 11.1. The Morgan fingerprint density at radius 1 is 1.36 bits per heavy atom. The summed E-state index contributed by atoms with van der Waals surface area (Å²) in [6.45, 7) is 0.0446. The van der Waals surface area contributed by atoms with Crippen LogP contribution >= 0.6 is 11.6 Å². The highest BCUT2D eigenvalue weighted by Crippen LogP contribution is 2.20. The highest BCUT2D eigenvalue weighted by Gasteiger charge is 2.13. The van der Waals surface area contributed by atoms with E-state index in [9.17, 15) is 4.79 Å². The van der Waals surface area contributed by atoms with Gasteiger partial charge in [0.2, 0.25) is 11.9 Å². The quantitative estimate of drug-likeness (QED) is 0.328. The van der Waals surface area contributed by atoms with Crippen molar-refractivity contribution in [1.82, 2.24) is 20.6 Å². The second kappa shape index (κ2) is 7.78. The van der Waals surface area contributed by atoms with Gasteiger partial charge in [-0.2, -0.15) is 9.97 Å². The van der Waals surface area contributed by atoms with Gasteiger partial charge < -0.3 is 32.8 Å². The van der Waals surface area contributed by atoms with Crippen LogP contribution in [0.1, 0.15) is 5.56 Å². The average Bonchev–Trinajstić information content (AvgIpc) is 2.44. The molecule has 1 heterocycles. The second-order valence-electron chi connectivity index (χ2n) is 3.93. The number of carbonyl (C=O) groups is 1. The van der Waals surface area contributed by atoms with E-state index in [0.29, 0.717) is 0 Å². The normalized spacial score (nSPS) is 10.7. The minimum atomic E-state index is -0.364. The maximum absolute atomic E-state index is 11.1. The topological polar surface area (TPSA) is 179 Å². The first kappa shape index (κ1) is 17.2. The molecule has 0 aliphatic rings. The molecule has 1 amide bonds. The van der Waals surface area contributed by atoms with Gasteiger partial charge in [0, 0.05) is 19.5 Å². The van der Waals surface area contributed by atoms with Crippen LogP contribution < -0.4 is 27.4 Å². The Labute approximate surface area is 131 Å². The molecule has 0 radical (unpaired) electrons. The van der Waals surface area contributed by atoms with E-state index >= 15 is 0 Å². The fraction of sp³-hybridized carbons (Fsp3) is 0.182. The van der Waals surface area contributed by atoms with Gasteiger partial charge in [0.15, 0.2) is 0 Å². The molecule has 22 heavy (non-hydrogen) atoms. The molecule has 0 bridgehead atoms. The highest BCUT2D eigenvalue weighted by molar-refractivity contribution is 6.69. The molecular formula is C11H16ClN9O. The molecule has 0 aliphatic carbocycles. The fourth-order valence-electron chi connectivity index (χ4n) is 1.36. The number of aromatic nitrogens is 2. The van der Waals surface area contributed by atoms with Crippen LogP contribution in [0.3, 0.4) is 0 Å². The first-order chi connectivity index (χ1) is 10.4. The molecule has 11 heteroatoms. The summed E-state index contributed by atoms with van der Waals surface area (Å²) in [6.07, 6.45) is 2.39. The van der Waals surface area contributed by atoms with Crippen molar-refractivity contribution in [3.8, 4) is 0 Å². The number of nitrogens with one attached hydrogen (secondary N) is 5. The number of nitrogen functional groups attached to an aromatic ring is 2. The lowest BCUT2D eigenvalue weighted by Crippen LogP contribution is -2.29. The summed E-state index contributed by atoms with van der Waals surface area (Å²) in [5, 5.41) is 22.1. The molecule has 0 spiro atoms. The molecule has 0 aromatic carbocycles. The largest absolute Gasteiger partial charge is 0.383 e. The lowest BCUT2D eigenvalue weighted by Gasteiger charge is -2.10. The first-order valence-corrected chi connectivity index (χ1v) is 6.35. The monoisotopic (exact) mass is 325 g/mol. The maximum Gasteiger partial charge on any atom is 0.239 e. The van der Waals surface area contributed by atoms with Crippen molar-refractivity contribution in [2.75, 3.05) is 30.4 Å². The summed E-state index contributed by atoms with van der Waals surface area (Å²) >= 11 is 5.54. The summed E-state index contributed by atoms with van der Waals surface area (Å²) in [7, 11) is 1.51. The second-order valence-corrected chi connectivity index (χ2v) is 4.31. The van der Waals surface area contributed by atoms with Gasteiger partial charge in [0.25, 0.3) is 0 Å². The van der Waals surface area contributed by atoms with E-state index in [2.05, 4.69) is 25.9 Å². The summed E-state index contributed by atoms with van der Waals surface area (Å²) < 4.78 is 0. The molecule has 0 aliphatic heterocycles. The van der Waals surface area contributed by atoms with E-state index in [1.165, 1.54) is 13.2 Å². The van der Waals surface area contributed by atoms with Gasteiger partial charge in [0.05, 0.1) is 17.8 Å². The van der Waals surface area contributed by atoms with Gasteiger partial charge in [0.1, 0.15) is 16.8 Å². The van der Waals surface area contributed by atoms with Gasteiger partial charge in [-0.25, -0.2) is 0 Å². The molecule has 0 saturated heterocycles. The van der Waals surface area contributed by atoms with Crippen LogP contribution in [0.25, 0.3) is 0 Å². The minimum absolute atomic E-state index is 0.0353. The number of nitrogens with zero attached hydrogens (tertiary/aromatic N) is 2. The van der Waals surface area contributed by atoms with Crippen LogP contribution in [0, 0.1) is 10.8 Å². The van der Waals surface area contributed by atoms with Crippen LogP contribution in [-0.2, 0) is 4.79 Å². The van der Waals surface area contributed by atoms with Gasteiger partial charge in [-0.05, 0) is 0 Å². The molecule has 0 fully saturated rings. The molecule has 1 rings (SSSR count). The van der Waals surface area contributed by atoms with E-state index in [4.69, 9.17) is 33.9 Å². The standard InChI is InChI=1S/C11H16ClN9O/c1-17-6(22)4-18-3-5(2-13)19-11-20-9(15)7(8(12)14)10(16)21-11/h2-3,13-14,18H,4H2,1H3,(H,17,22)(H5,15,16,19,20,21)/b5-3+,13-2?,14-8?. The number of nitrogens with two attached hydrogens (primary N) is 2. The van der Waals surface area contributed by atoms with E-state index in [-0.39, 0.29) is 46.5 Å². The molecule has 1 aromatic rings. The predicted octanol–water partition coefficient (Wildman–Crippen LogP) is -0.556. The Balaban J connectivity index is 2.88. The Kier molecular flexibility index (Phi) is 6.08. The molecule has 0 unspecified atom stereocenters. The van der Waals surface area contributed by atoms with Crippen molar-refractivity contribution in [1.29, 1.82) is 10.8 Å². The lowest BCUT2D eigenvalue weighted by atomic mass is 10.3. The summed E-state index contributed by atoms with van der Waals surface area (Å²) in [5.41, 5.74) is 11.6. The highest BCUT2D eigenvalue weighted by atomic mass is 35.5. The van der Waals surface area contributed by atoms with Crippen molar-refractivity contribution in [3.63, 3.8) is 0 Å². The number of carbonyl (C=O) groups excluding carboxylic acids is 1. The number of likely N-dealkylation sites (N-methyl/N-ethyl adjacent to an activating group) is 1. The number of anilines is 3. The van der Waals surface area contributed by atoms with Crippen LogP contribution in [0.15, 0.2) is 11.9 Å². The molecule has 0 atom stereocenters. The summed E-state index contributed by atoms with van der Waals surface area (Å²) in [6, 6.07) is 0. The number of hydrogen-bond donors (Lipinski definition) is 7. The van der Waals surface area contributed by atoms with E-state index in [0.717, 1.165) is 6.21 Å². The molecule has 9 N–H and O–H groups in total. The van der Waals surface area contributed by atoms with Gasteiger partial charge in [-0.1, -0.05) is 11.6 Å². The van der Waals surface area contributed by atoms with Crippen LogP contribution in [-0.4, -0.2) is 40.9 Å². The van der Waals surface area contributed by atoms with E-state index in [1.54, 1.807) is 0 Å². The average molecular weight is 326 g/mol. The first-order valence-electron chi connectivity index (χ1n) is 5.98. The SMILES string of the molecule is CNC(=O)CN/C=C(\C=N)Nc1nc(N)c(C(=N)Cl)c(N)n1. The number of allylic oxidation sites excluding steroid dienone is 1. The van der Waals surface area contributed by atoms with Crippen molar-refractivity contribution < 1.29 is 4.79 Å². The zero-order chi connectivity index (χ0) is 16.7. The third kappa shape index (κ3) is 4.59. The van der Waals surface area contributed by atoms with Gasteiger partial charge >= 0.3 is 0 Å². The van der Waals surface area contributed by atoms with E-state index in [1.807, 2.05) is 0 Å². The third-order valence-corrected chi connectivity index (χ3v) is 2.58. The van der Waals surface area contributed by atoms with Crippen LogP contribution in [0.5, 0.6) is 0 Å². The Morgan fingerprint density at radius 3 is 2.41 bits per heavy atom. The van der Waals surface area contributed by atoms with Gasteiger partial charge in [-0.3, -0.25) is 10.2 Å². The lowest BCUT2D eigenvalue weighted by molar-refractivity contribution is -0.119. The molecule has 1 aromatic heterocycles. The van der Waals surface area contributed by atoms with Crippen molar-refractivity contribution in [2.45, 2.75) is 0 Å². The number of amides is 1. The van der Waals surface area contributed by atoms with Crippen molar-refractivity contribution in [3.05, 3.63) is 17.5 Å². The van der Waals surface area contributed by atoms with Gasteiger partial charge in [-0.15, -0.1) is 0 Å². The summed E-state index contributed by atoms with van der Waals surface area (Å²) in [5.74, 6) is -0.293. The third-order valence-electron chi connectivity index (χ3n) is 2.40. The van der Waals surface area contributed by atoms with Crippen molar-refractivity contribution in [2.24, 2.45) is 0 Å². The number of hydrogen-bond acceptors (Lipinski definition) is 9. The molecular weight excluding hydrogens is 310 g/mol.